The maximum absolute atomic E-state index is 14.4. The lowest BCUT2D eigenvalue weighted by Crippen LogP contribution is -2.44. The molecule has 0 amide bonds. The molecule has 0 aliphatic carbocycles. The van der Waals surface area contributed by atoms with Gasteiger partial charge in [-0.1, -0.05) is 51.0 Å². The van der Waals surface area contributed by atoms with Crippen molar-refractivity contribution in [3.63, 3.8) is 0 Å². The maximum Gasteiger partial charge on any atom is 0.166 e. The number of hydrogen-bond acceptors (Lipinski definition) is 3. The Morgan fingerprint density at radius 3 is 2.42 bits per heavy atom. The lowest BCUT2D eigenvalue weighted by atomic mass is 9.93. The Kier molecular flexibility index (Phi) is 8.99. The maximum atomic E-state index is 14.4. The van der Waals surface area contributed by atoms with E-state index in [1.165, 1.54) is 0 Å². The van der Waals surface area contributed by atoms with Crippen molar-refractivity contribution in [3.05, 3.63) is 41.0 Å². The standard InChI is InChI=1S/C25H35F3O3/c1-3-5-19-8-9-20(24(27)23(19)26)10-12-21-11-6-18(15-29-21)7-13-22-30-16-25(28,14-4-2)17-31-22/h8-10,12,18,21-22H,3-7,11,13-17H2,1-2H3. The molecule has 2 aliphatic rings. The van der Waals surface area contributed by atoms with E-state index in [-0.39, 0.29) is 31.2 Å². The van der Waals surface area contributed by atoms with E-state index < -0.39 is 17.3 Å². The van der Waals surface area contributed by atoms with Crippen LogP contribution in [0.15, 0.2) is 18.2 Å². The van der Waals surface area contributed by atoms with Crippen LogP contribution in [-0.4, -0.2) is 37.9 Å². The number of ether oxygens (including phenoxy) is 3. The Morgan fingerprint density at radius 2 is 1.77 bits per heavy atom. The first kappa shape index (κ1) is 24.3. The number of aryl methyl sites for hydroxylation is 1. The molecule has 1 aromatic carbocycles. The highest BCUT2D eigenvalue weighted by molar-refractivity contribution is 5.51. The molecule has 2 atom stereocenters. The minimum atomic E-state index is -1.35. The van der Waals surface area contributed by atoms with Crippen molar-refractivity contribution in [2.24, 2.45) is 5.92 Å². The zero-order chi connectivity index (χ0) is 22.3. The Labute approximate surface area is 184 Å². The van der Waals surface area contributed by atoms with Crippen molar-refractivity contribution >= 4 is 6.08 Å². The molecule has 0 aromatic heterocycles. The van der Waals surface area contributed by atoms with Gasteiger partial charge in [-0.2, -0.15) is 0 Å². The van der Waals surface area contributed by atoms with Crippen LogP contribution in [0.5, 0.6) is 0 Å². The zero-order valence-corrected chi connectivity index (χ0v) is 18.7. The van der Waals surface area contributed by atoms with Crippen LogP contribution in [0.4, 0.5) is 13.2 Å². The van der Waals surface area contributed by atoms with Gasteiger partial charge in [0.05, 0.1) is 25.9 Å². The third kappa shape index (κ3) is 6.80. The van der Waals surface area contributed by atoms with E-state index >= 15 is 0 Å². The minimum Gasteiger partial charge on any atom is -0.374 e. The van der Waals surface area contributed by atoms with E-state index in [1.807, 2.05) is 19.9 Å². The molecule has 0 saturated carbocycles. The number of halogens is 3. The van der Waals surface area contributed by atoms with Crippen molar-refractivity contribution in [2.45, 2.75) is 83.3 Å². The number of alkyl halides is 1. The van der Waals surface area contributed by atoms with Crippen molar-refractivity contribution in [2.75, 3.05) is 19.8 Å². The molecule has 31 heavy (non-hydrogen) atoms. The number of hydrogen-bond donors (Lipinski definition) is 0. The van der Waals surface area contributed by atoms with Gasteiger partial charge in [0.1, 0.15) is 0 Å². The smallest absolute Gasteiger partial charge is 0.166 e. The van der Waals surface area contributed by atoms with Crippen LogP contribution >= 0.6 is 0 Å². The van der Waals surface area contributed by atoms with Gasteiger partial charge < -0.3 is 14.2 Å². The van der Waals surface area contributed by atoms with Gasteiger partial charge in [-0.25, -0.2) is 13.2 Å². The fourth-order valence-corrected chi connectivity index (χ4v) is 4.32. The predicted octanol–water partition coefficient (Wildman–Crippen LogP) is 6.39. The fraction of sp³-hybridized carbons (Fsp3) is 0.680. The van der Waals surface area contributed by atoms with E-state index in [2.05, 4.69) is 0 Å². The molecule has 0 radical (unpaired) electrons. The molecule has 3 rings (SSSR count). The molecule has 1 aromatic rings. The highest BCUT2D eigenvalue weighted by Gasteiger charge is 2.36. The summed E-state index contributed by atoms with van der Waals surface area (Å²) < 4.78 is 59.8. The summed E-state index contributed by atoms with van der Waals surface area (Å²) in [5.41, 5.74) is -0.679. The lowest BCUT2D eigenvalue weighted by Gasteiger charge is -2.35. The van der Waals surface area contributed by atoms with E-state index in [9.17, 15) is 13.2 Å². The van der Waals surface area contributed by atoms with Crippen molar-refractivity contribution in [1.29, 1.82) is 0 Å². The fourth-order valence-electron chi connectivity index (χ4n) is 4.32. The lowest BCUT2D eigenvalue weighted by molar-refractivity contribution is -0.237. The molecular weight excluding hydrogens is 405 g/mol. The highest BCUT2D eigenvalue weighted by atomic mass is 19.2. The SMILES string of the molecule is CCCc1ccc(C=CC2CCC(CCC3OCC(F)(CCC)CO3)CO2)c(F)c1F. The largest absolute Gasteiger partial charge is 0.374 e. The average Bonchev–Trinajstić information content (AvgIpc) is 2.77. The first-order valence-electron chi connectivity index (χ1n) is 11.6. The summed E-state index contributed by atoms with van der Waals surface area (Å²) in [6.07, 6.45) is 8.97. The Balaban J connectivity index is 1.40. The summed E-state index contributed by atoms with van der Waals surface area (Å²) in [5.74, 6) is -1.15. The van der Waals surface area contributed by atoms with E-state index in [4.69, 9.17) is 14.2 Å². The van der Waals surface area contributed by atoms with Crippen molar-refractivity contribution in [3.8, 4) is 0 Å². The second-order valence-corrected chi connectivity index (χ2v) is 8.90. The normalized spacial score (nSPS) is 29.5. The third-order valence-electron chi connectivity index (χ3n) is 6.17. The van der Waals surface area contributed by atoms with Crippen LogP contribution < -0.4 is 0 Å². The highest BCUT2D eigenvalue weighted by Crippen LogP contribution is 2.29. The molecule has 0 spiro atoms. The molecular formula is C25H35F3O3. The summed E-state index contributed by atoms with van der Waals surface area (Å²) in [7, 11) is 0. The zero-order valence-electron chi connectivity index (χ0n) is 18.7. The molecule has 6 heteroatoms. The Hall–Kier alpha value is -1.37. The van der Waals surface area contributed by atoms with E-state index in [0.29, 0.717) is 30.9 Å². The summed E-state index contributed by atoms with van der Waals surface area (Å²) >= 11 is 0. The van der Waals surface area contributed by atoms with Crippen LogP contribution in [0.1, 0.15) is 69.9 Å². The van der Waals surface area contributed by atoms with Gasteiger partial charge in [0, 0.05) is 5.56 Å². The first-order valence-corrected chi connectivity index (χ1v) is 11.6. The monoisotopic (exact) mass is 440 g/mol. The van der Waals surface area contributed by atoms with Gasteiger partial charge in [0.15, 0.2) is 23.6 Å². The molecule has 2 fully saturated rings. The second-order valence-electron chi connectivity index (χ2n) is 8.90. The first-order chi connectivity index (χ1) is 14.9. The summed E-state index contributed by atoms with van der Waals surface area (Å²) in [5, 5.41) is 0. The van der Waals surface area contributed by atoms with E-state index in [1.54, 1.807) is 18.2 Å². The van der Waals surface area contributed by atoms with Crippen LogP contribution in [0.2, 0.25) is 0 Å². The topological polar surface area (TPSA) is 27.7 Å². The number of benzene rings is 1. The van der Waals surface area contributed by atoms with Crippen LogP contribution in [0, 0.1) is 17.6 Å². The number of rotatable bonds is 9. The molecule has 3 nitrogen and oxygen atoms in total. The van der Waals surface area contributed by atoms with Crippen molar-refractivity contribution in [1.82, 2.24) is 0 Å². The molecule has 0 N–H and O–H groups in total. The Bertz CT molecular complexity index is 721. The van der Waals surface area contributed by atoms with Gasteiger partial charge in [-0.05, 0) is 50.0 Å². The second kappa shape index (κ2) is 11.5. The van der Waals surface area contributed by atoms with Crippen molar-refractivity contribution < 1.29 is 27.4 Å². The summed E-state index contributed by atoms with van der Waals surface area (Å²) in [6, 6.07) is 3.28. The summed E-state index contributed by atoms with van der Waals surface area (Å²) in [4.78, 5) is 0. The molecule has 2 aliphatic heterocycles. The Morgan fingerprint density at radius 1 is 1.00 bits per heavy atom. The van der Waals surface area contributed by atoms with Gasteiger partial charge in [-0.3, -0.25) is 0 Å². The minimum absolute atomic E-state index is 0.0996. The quantitative estimate of drug-likeness (QED) is 0.445. The molecule has 2 unspecified atom stereocenters. The van der Waals surface area contributed by atoms with Gasteiger partial charge in [0.2, 0.25) is 0 Å². The third-order valence-corrected chi connectivity index (χ3v) is 6.17. The summed E-state index contributed by atoms with van der Waals surface area (Å²) in [6.45, 7) is 4.72. The van der Waals surface area contributed by atoms with Crippen LogP contribution in [0.25, 0.3) is 6.08 Å². The molecule has 2 heterocycles. The molecule has 0 bridgehead atoms. The van der Waals surface area contributed by atoms with Crippen LogP contribution in [-0.2, 0) is 20.6 Å². The van der Waals surface area contributed by atoms with Gasteiger partial charge >= 0.3 is 0 Å². The average molecular weight is 441 g/mol. The molecule has 2 saturated heterocycles. The van der Waals surface area contributed by atoms with Crippen LogP contribution in [0.3, 0.4) is 0 Å². The van der Waals surface area contributed by atoms with Gasteiger partial charge in [0.25, 0.3) is 0 Å². The van der Waals surface area contributed by atoms with E-state index in [0.717, 1.165) is 38.5 Å². The predicted molar refractivity (Wildman–Crippen MR) is 116 cm³/mol. The van der Waals surface area contributed by atoms with Gasteiger partial charge in [-0.15, -0.1) is 0 Å². The molecule has 174 valence electrons.